The summed E-state index contributed by atoms with van der Waals surface area (Å²) in [5, 5.41) is 5.10. The van der Waals surface area contributed by atoms with Gasteiger partial charge in [-0.3, -0.25) is 0 Å². The van der Waals surface area contributed by atoms with Crippen LogP contribution >= 0.6 is 11.3 Å². The van der Waals surface area contributed by atoms with Gasteiger partial charge in [-0.15, -0.1) is 11.3 Å². The third-order valence-electron chi connectivity index (χ3n) is 3.64. The molecule has 0 saturated carbocycles. The van der Waals surface area contributed by atoms with E-state index >= 15 is 0 Å². The lowest BCUT2D eigenvalue weighted by atomic mass is 9.94. The SMILES string of the molecule is CC(C)NCc1sccc1S(=O)(=O)NC1(C)CCOCC1. The Morgan fingerprint density at radius 2 is 2.05 bits per heavy atom. The topological polar surface area (TPSA) is 67.4 Å². The van der Waals surface area contributed by atoms with Gasteiger partial charge in [-0.2, -0.15) is 0 Å². The van der Waals surface area contributed by atoms with Crippen LogP contribution in [0.3, 0.4) is 0 Å². The van der Waals surface area contributed by atoms with Crippen molar-refractivity contribution in [2.45, 2.75) is 56.6 Å². The first-order valence-corrected chi connectivity index (χ1v) is 9.60. The van der Waals surface area contributed by atoms with Gasteiger partial charge < -0.3 is 10.1 Å². The molecule has 1 aromatic rings. The van der Waals surface area contributed by atoms with Crippen molar-refractivity contribution in [1.29, 1.82) is 0 Å². The van der Waals surface area contributed by atoms with Crippen LogP contribution in [0.25, 0.3) is 0 Å². The van der Waals surface area contributed by atoms with Crippen molar-refractivity contribution in [3.63, 3.8) is 0 Å². The van der Waals surface area contributed by atoms with E-state index in [1.807, 2.05) is 26.2 Å². The minimum absolute atomic E-state index is 0.323. The zero-order valence-electron chi connectivity index (χ0n) is 12.8. The summed E-state index contributed by atoms with van der Waals surface area (Å²) in [6.07, 6.45) is 1.41. The van der Waals surface area contributed by atoms with Gasteiger partial charge in [0.25, 0.3) is 0 Å². The van der Waals surface area contributed by atoms with E-state index in [1.165, 1.54) is 11.3 Å². The Hall–Kier alpha value is -0.470. The molecule has 1 aliphatic heterocycles. The second kappa shape index (κ2) is 6.75. The maximum atomic E-state index is 12.7. The van der Waals surface area contributed by atoms with Gasteiger partial charge in [0.2, 0.25) is 10.0 Å². The number of ether oxygens (including phenoxy) is 1. The molecule has 0 spiro atoms. The van der Waals surface area contributed by atoms with E-state index in [2.05, 4.69) is 10.0 Å². The smallest absolute Gasteiger partial charge is 0.242 e. The van der Waals surface area contributed by atoms with E-state index in [0.717, 1.165) is 4.88 Å². The van der Waals surface area contributed by atoms with E-state index in [-0.39, 0.29) is 0 Å². The van der Waals surface area contributed by atoms with E-state index < -0.39 is 15.6 Å². The minimum atomic E-state index is -3.49. The Morgan fingerprint density at radius 3 is 2.67 bits per heavy atom. The van der Waals surface area contributed by atoms with Crippen LogP contribution in [-0.4, -0.2) is 33.2 Å². The Morgan fingerprint density at radius 1 is 1.38 bits per heavy atom. The van der Waals surface area contributed by atoms with Crippen molar-refractivity contribution in [2.24, 2.45) is 0 Å². The normalized spacial score (nSPS) is 19.0. The summed E-state index contributed by atoms with van der Waals surface area (Å²) >= 11 is 1.47. The van der Waals surface area contributed by atoms with Crippen molar-refractivity contribution in [1.82, 2.24) is 10.0 Å². The maximum Gasteiger partial charge on any atom is 0.242 e. The van der Waals surface area contributed by atoms with Crippen molar-refractivity contribution >= 4 is 21.4 Å². The zero-order valence-corrected chi connectivity index (χ0v) is 14.4. The molecule has 0 aliphatic carbocycles. The standard InChI is InChI=1S/C14H24N2O3S2/c1-11(2)15-10-12-13(4-9-20-12)21(17,18)16-14(3)5-7-19-8-6-14/h4,9,11,15-16H,5-8,10H2,1-3H3. The monoisotopic (exact) mass is 332 g/mol. The van der Waals surface area contributed by atoms with Crippen LogP contribution in [0.15, 0.2) is 16.3 Å². The Bertz CT molecular complexity index is 561. The van der Waals surface area contributed by atoms with E-state index in [4.69, 9.17) is 4.74 Å². The molecule has 0 atom stereocenters. The summed E-state index contributed by atoms with van der Waals surface area (Å²) in [5.74, 6) is 0. The molecule has 2 rings (SSSR count). The van der Waals surface area contributed by atoms with E-state index in [0.29, 0.717) is 43.5 Å². The fourth-order valence-corrected chi connectivity index (χ4v) is 5.16. The molecule has 1 fully saturated rings. The van der Waals surface area contributed by atoms with Gasteiger partial charge in [0.05, 0.1) is 4.90 Å². The molecule has 0 aromatic carbocycles. The fraction of sp³-hybridized carbons (Fsp3) is 0.714. The predicted octanol–water partition coefficient (Wildman–Crippen LogP) is 2.09. The fourth-order valence-electron chi connectivity index (χ4n) is 2.30. The van der Waals surface area contributed by atoms with Crippen LogP contribution in [-0.2, 0) is 21.3 Å². The first kappa shape index (κ1) is 16.9. The van der Waals surface area contributed by atoms with E-state index in [1.54, 1.807) is 6.07 Å². The number of nitrogens with one attached hydrogen (secondary N) is 2. The van der Waals surface area contributed by atoms with Crippen LogP contribution in [0.1, 0.15) is 38.5 Å². The number of hydrogen-bond donors (Lipinski definition) is 2. The Balaban J connectivity index is 2.14. The van der Waals surface area contributed by atoms with Gasteiger partial charge in [-0.1, -0.05) is 13.8 Å². The molecule has 2 N–H and O–H groups in total. The molecule has 0 amide bonds. The van der Waals surface area contributed by atoms with Crippen LogP contribution in [0, 0.1) is 0 Å². The predicted molar refractivity (Wildman–Crippen MR) is 85.1 cm³/mol. The lowest BCUT2D eigenvalue weighted by Crippen LogP contribution is -2.49. The van der Waals surface area contributed by atoms with Gasteiger partial charge in [0, 0.05) is 36.2 Å². The summed E-state index contributed by atoms with van der Waals surface area (Å²) in [4.78, 5) is 1.25. The largest absolute Gasteiger partial charge is 0.381 e. The third kappa shape index (κ3) is 4.50. The van der Waals surface area contributed by atoms with E-state index in [9.17, 15) is 8.42 Å². The molecule has 1 saturated heterocycles. The number of hydrogen-bond acceptors (Lipinski definition) is 5. The summed E-state index contributed by atoms with van der Waals surface area (Å²) in [7, 11) is -3.49. The number of rotatable bonds is 6. The highest BCUT2D eigenvalue weighted by Gasteiger charge is 2.33. The zero-order chi connectivity index (χ0) is 15.5. The Kier molecular flexibility index (Phi) is 5.43. The molecule has 21 heavy (non-hydrogen) atoms. The molecule has 1 aromatic heterocycles. The van der Waals surface area contributed by atoms with Gasteiger partial charge in [0.1, 0.15) is 0 Å². The molecule has 7 heteroatoms. The highest BCUT2D eigenvalue weighted by molar-refractivity contribution is 7.89. The number of thiophene rings is 1. The maximum absolute atomic E-state index is 12.7. The van der Waals surface area contributed by atoms with Gasteiger partial charge in [0.15, 0.2) is 0 Å². The minimum Gasteiger partial charge on any atom is -0.381 e. The molecule has 2 heterocycles. The lowest BCUT2D eigenvalue weighted by Gasteiger charge is -2.34. The van der Waals surface area contributed by atoms with Gasteiger partial charge in [-0.05, 0) is 31.2 Å². The molecule has 0 unspecified atom stereocenters. The third-order valence-corrected chi connectivity index (χ3v) is 6.42. The second-order valence-corrected chi connectivity index (χ2v) is 8.67. The first-order valence-electron chi connectivity index (χ1n) is 7.24. The quantitative estimate of drug-likeness (QED) is 0.837. The number of sulfonamides is 1. The van der Waals surface area contributed by atoms with Crippen LogP contribution in [0.5, 0.6) is 0 Å². The van der Waals surface area contributed by atoms with Gasteiger partial charge >= 0.3 is 0 Å². The average molecular weight is 332 g/mol. The molecular formula is C14H24N2O3S2. The molecule has 1 aliphatic rings. The van der Waals surface area contributed by atoms with Crippen molar-refractivity contribution in [3.8, 4) is 0 Å². The molecule has 0 bridgehead atoms. The van der Waals surface area contributed by atoms with Crippen LogP contribution in [0.4, 0.5) is 0 Å². The molecule has 0 radical (unpaired) electrons. The summed E-state index contributed by atoms with van der Waals surface area (Å²) in [6.45, 7) is 7.82. The van der Waals surface area contributed by atoms with Gasteiger partial charge in [-0.25, -0.2) is 13.1 Å². The summed E-state index contributed by atoms with van der Waals surface area (Å²) in [5.41, 5.74) is -0.415. The van der Waals surface area contributed by atoms with Crippen LogP contribution in [0.2, 0.25) is 0 Å². The summed E-state index contributed by atoms with van der Waals surface area (Å²) < 4.78 is 33.5. The van der Waals surface area contributed by atoms with Crippen molar-refractivity contribution < 1.29 is 13.2 Å². The average Bonchev–Trinajstić information content (AvgIpc) is 2.85. The molecular weight excluding hydrogens is 308 g/mol. The van der Waals surface area contributed by atoms with Crippen molar-refractivity contribution in [2.75, 3.05) is 13.2 Å². The molecule has 5 nitrogen and oxygen atoms in total. The van der Waals surface area contributed by atoms with Crippen molar-refractivity contribution in [3.05, 3.63) is 16.3 Å². The lowest BCUT2D eigenvalue weighted by molar-refractivity contribution is 0.0537. The first-order chi connectivity index (χ1) is 9.82. The van der Waals surface area contributed by atoms with Crippen LogP contribution < -0.4 is 10.0 Å². The highest BCUT2D eigenvalue weighted by Crippen LogP contribution is 2.26. The molecule has 120 valence electrons. The highest BCUT2D eigenvalue weighted by atomic mass is 32.2. The second-order valence-electron chi connectivity index (χ2n) is 6.02. The summed E-state index contributed by atoms with van der Waals surface area (Å²) in [6, 6.07) is 2.01. The Labute approximate surface area is 131 Å².